The molecule has 0 saturated carbocycles. The molecule has 0 atom stereocenters. The van der Waals surface area contributed by atoms with Gasteiger partial charge < -0.3 is 0 Å². The number of nitrogens with zero attached hydrogens (tertiary/aromatic N) is 1. The van der Waals surface area contributed by atoms with E-state index in [0.717, 1.165) is 0 Å². The Hall–Kier alpha value is -2.71. The number of carbonyl (C=O) groups excluding carboxylic acids is 1. The van der Waals surface area contributed by atoms with Crippen LogP contribution in [0.2, 0.25) is 0 Å². The first-order valence-electron chi connectivity index (χ1n) is 8.33. The van der Waals surface area contributed by atoms with E-state index in [4.69, 9.17) is 0 Å². The zero-order valence-electron chi connectivity index (χ0n) is 13.3. The van der Waals surface area contributed by atoms with E-state index in [0.29, 0.717) is 18.9 Å². The second kappa shape index (κ2) is 4.89. The molecule has 0 bridgehead atoms. The maximum atomic E-state index is 11.8. The average Bonchev–Trinajstić information content (AvgIpc) is 2.91. The Morgan fingerprint density at radius 3 is 1.71 bits per heavy atom. The van der Waals surface area contributed by atoms with Gasteiger partial charge >= 0.3 is 0 Å². The van der Waals surface area contributed by atoms with Crippen molar-refractivity contribution in [1.82, 2.24) is 4.90 Å². The van der Waals surface area contributed by atoms with Gasteiger partial charge in [-0.1, -0.05) is 78.9 Å². The summed E-state index contributed by atoms with van der Waals surface area (Å²) in [6, 6.07) is 27.8. The Bertz CT molecular complexity index is 891. The number of hydrogen-bond donors (Lipinski definition) is 0. The maximum absolute atomic E-state index is 11.8. The van der Waals surface area contributed by atoms with Gasteiger partial charge in [-0.2, -0.15) is 0 Å². The van der Waals surface area contributed by atoms with Crippen LogP contribution in [-0.2, 0) is 10.3 Å². The van der Waals surface area contributed by atoms with Gasteiger partial charge in [0, 0.05) is 0 Å². The van der Waals surface area contributed by atoms with Gasteiger partial charge in [-0.25, -0.2) is 0 Å². The number of hydrogen-bond acceptors (Lipinski definition) is 2. The molecule has 2 nitrogen and oxygen atoms in total. The second-order valence-electron chi connectivity index (χ2n) is 6.56. The fraction of sp³-hybridized carbons (Fsp3) is 0.136. The maximum Gasteiger partial charge on any atom is 0.160 e. The van der Waals surface area contributed by atoms with Crippen LogP contribution in [0.25, 0.3) is 11.1 Å². The van der Waals surface area contributed by atoms with E-state index in [1.807, 2.05) is 6.07 Å². The summed E-state index contributed by atoms with van der Waals surface area (Å²) in [5.74, 6) is 0.312. The molecule has 1 saturated heterocycles. The largest absolute Gasteiger partial charge is 0.297 e. The van der Waals surface area contributed by atoms with Gasteiger partial charge in [0.25, 0.3) is 0 Å². The molecular formula is C22H17NO. The predicted octanol–water partition coefficient (Wildman–Crippen LogP) is 3.84. The Morgan fingerprint density at radius 2 is 1.17 bits per heavy atom. The van der Waals surface area contributed by atoms with E-state index in [1.165, 1.54) is 27.8 Å². The number of benzene rings is 3. The van der Waals surface area contributed by atoms with Crippen molar-refractivity contribution in [3.05, 3.63) is 95.6 Å². The average molecular weight is 311 g/mol. The summed E-state index contributed by atoms with van der Waals surface area (Å²) in [5, 5.41) is 0. The van der Waals surface area contributed by atoms with Crippen LogP contribution in [-0.4, -0.2) is 23.8 Å². The third kappa shape index (κ3) is 1.61. The summed E-state index contributed by atoms with van der Waals surface area (Å²) in [6.45, 7) is 1.02. The molecule has 24 heavy (non-hydrogen) atoms. The number of rotatable bonds is 2. The van der Waals surface area contributed by atoms with Crippen molar-refractivity contribution < 1.29 is 4.79 Å². The fourth-order valence-corrected chi connectivity index (χ4v) is 4.34. The minimum Gasteiger partial charge on any atom is -0.297 e. The molecule has 3 aromatic rings. The quantitative estimate of drug-likeness (QED) is 0.716. The van der Waals surface area contributed by atoms with Gasteiger partial charge in [-0.3, -0.25) is 9.69 Å². The predicted molar refractivity (Wildman–Crippen MR) is 94.8 cm³/mol. The number of likely N-dealkylation sites (tertiary alicyclic amines) is 1. The summed E-state index contributed by atoms with van der Waals surface area (Å²) in [5.41, 5.74) is 5.99. The molecule has 3 aromatic carbocycles. The van der Waals surface area contributed by atoms with Gasteiger partial charge in [0.2, 0.25) is 0 Å². The monoisotopic (exact) mass is 311 g/mol. The summed E-state index contributed by atoms with van der Waals surface area (Å²) in [6.07, 6.45) is 0. The lowest BCUT2D eigenvalue weighted by Crippen LogP contribution is -2.59. The molecule has 1 aliphatic heterocycles. The molecule has 1 fully saturated rings. The number of fused-ring (bicyclic) bond motifs is 3. The number of carbonyl (C=O) groups is 1. The molecule has 2 heteroatoms. The highest BCUT2D eigenvalue weighted by Crippen LogP contribution is 2.54. The zero-order valence-corrected chi connectivity index (χ0v) is 13.3. The van der Waals surface area contributed by atoms with Gasteiger partial charge in [-0.15, -0.1) is 0 Å². The first-order valence-corrected chi connectivity index (χ1v) is 8.33. The fourth-order valence-electron chi connectivity index (χ4n) is 4.34. The van der Waals surface area contributed by atoms with Crippen LogP contribution in [0.5, 0.6) is 0 Å². The lowest BCUT2D eigenvalue weighted by molar-refractivity contribution is -0.132. The molecule has 0 unspecified atom stereocenters. The van der Waals surface area contributed by atoms with Crippen molar-refractivity contribution >= 4 is 5.78 Å². The Labute approximate surface area is 141 Å². The van der Waals surface area contributed by atoms with Crippen molar-refractivity contribution in [2.75, 3.05) is 13.1 Å². The van der Waals surface area contributed by atoms with Crippen molar-refractivity contribution in [2.45, 2.75) is 5.54 Å². The van der Waals surface area contributed by atoms with Crippen LogP contribution in [0.4, 0.5) is 0 Å². The Balaban J connectivity index is 1.89. The Kier molecular flexibility index (Phi) is 2.79. The molecule has 0 spiro atoms. The molecule has 1 aliphatic carbocycles. The van der Waals surface area contributed by atoms with Crippen LogP contribution < -0.4 is 0 Å². The normalized spacial score (nSPS) is 17.9. The highest BCUT2D eigenvalue weighted by atomic mass is 16.1. The molecule has 5 rings (SSSR count). The third-order valence-corrected chi connectivity index (χ3v) is 5.32. The van der Waals surface area contributed by atoms with E-state index >= 15 is 0 Å². The molecule has 116 valence electrons. The summed E-state index contributed by atoms with van der Waals surface area (Å²) < 4.78 is 0. The van der Waals surface area contributed by atoms with Crippen molar-refractivity contribution in [2.24, 2.45) is 0 Å². The zero-order chi connectivity index (χ0) is 16.1. The number of Topliss-reactive ketones (excluding diaryl/α,β-unsaturated/α-hetero) is 1. The van der Waals surface area contributed by atoms with Crippen molar-refractivity contribution in [1.29, 1.82) is 0 Å². The van der Waals surface area contributed by atoms with Crippen molar-refractivity contribution in [3.8, 4) is 11.1 Å². The molecular weight excluding hydrogens is 294 g/mol. The molecule has 0 N–H and O–H groups in total. The van der Waals surface area contributed by atoms with E-state index < -0.39 is 0 Å². The van der Waals surface area contributed by atoms with Gasteiger partial charge in [-0.05, 0) is 27.8 Å². The SMILES string of the molecule is O=C1CN(C2(c3ccccc3)c3ccccc3-c3ccccc32)C1. The summed E-state index contributed by atoms with van der Waals surface area (Å²) in [7, 11) is 0. The second-order valence-corrected chi connectivity index (χ2v) is 6.56. The molecule has 1 heterocycles. The van der Waals surface area contributed by atoms with Crippen LogP contribution >= 0.6 is 0 Å². The minimum absolute atomic E-state index is 0.312. The van der Waals surface area contributed by atoms with E-state index in [1.54, 1.807) is 0 Å². The minimum atomic E-state index is -0.359. The van der Waals surface area contributed by atoms with Crippen LogP contribution in [0.3, 0.4) is 0 Å². The van der Waals surface area contributed by atoms with E-state index in [2.05, 4.69) is 77.7 Å². The third-order valence-electron chi connectivity index (χ3n) is 5.32. The topological polar surface area (TPSA) is 20.3 Å². The molecule has 0 amide bonds. The van der Waals surface area contributed by atoms with E-state index in [-0.39, 0.29) is 5.54 Å². The smallest absolute Gasteiger partial charge is 0.160 e. The van der Waals surface area contributed by atoms with Crippen LogP contribution in [0.15, 0.2) is 78.9 Å². The first-order chi connectivity index (χ1) is 11.8. The first kappa shape index (κ1) is 13.7. The molecule has 0 radical (unpaired) electrons. The van der Waals surface area contributed by atoms with Crippen LogP contribution in [0, 0.1) is 0 Å². The van der Waals surface area contributed by atoms with Gasteiger partial charge in [0.1, 0.15) is 0 Å². The Morgan fingerprint density at radius 1 is 0.667 bits per heavy atom. The lowest BCUT2D eigenvalue weighted by atomic mass is 9.77. The highest BCUT2D eigenvalue weighted by Gasteiger charge is 2.52. The van der Waals surface area contributed by atoms with Crippen LogP contribution in [0.1, 0.15) is 16.7 Å². The van der Waals surface area contributed by atoms with E-state index in [9.17, 15) is 4.79 Å². The standard InChI is InChI=1S/C22H17NO/c24-17-14-23(15-17)22(16-8-2-1-3-9-16)20-12-6-4-10-18(20)19-11-5-7-13-21(19)22/h1-13H,14-15H2. The lowest BCUT2D eigenvalue weighted by Gasteiger charge is -2.47. The van der Waals surface area contributed by atoms with Crippen molar-refractivity contribution in [3.63, 3.8) is 0 Å². The highest BCUT2D eigenvalue weighted by molar-refractivity contribution is 5.91. The number of ketones is 1. The molecule has 0 aromatic heterocycles. The van der Waals surface area contributed by atoms with Gasteiger partial charge in [0.05, 0.1) is 18.6 Å². The summed E-state index contributed by atoms with van der Waals surface area (Å²) >= 11 is 0. The molecule has 2 aliphatic rings. The van der Waals surface area contributed by atoms with Gasteiger partial charge in [0.15, 0.2) is 5.78 Å². The summed E-state index contributed by atoms with van der Waals surface area (Å²) in [4.78, 5) is 14.1.